The largest absolute Gasteiger partial charge is 0.457 e. The minimum Gasteiger partial charge on any atom is -0.457 e. The lowest BCUT2D eigenvalue weighted by atomic mass is 10.0. The molecule has 0 spiro atoms. The van der Waals surface area contributed by atoms with Crippen LogP contribution in [0.15, 0.2) is 24.3 Å². The Morgan fingerprint density at radius 3 is 2.17 bits per heavy atom. The fraction of sp³-hybridized carbons (Fsp3) is 0.467. The predicted molar refractivity (Wildman–Crippen MR) is 83.9 cm³/mol. The molecular weight excluding hydrogens is 341 g/mol. The van der Waals surface area contributed by atoms with Gasteiger partial charge >= 0.3 is 17.9 Å². The van der Waals surface area contributed by atoms with Crippen molar-refractivity contribution in [2.45, 2.75) is 38.8 Å². The summed E-state index contributed by atoms with van der Waals surface area (Å²) in [6.45, 7) is 7.16. The molecule has 1 aromatic rings. The van der Waals surface area contributed by atoms with E-state index in [0.717, 1.165) is 12.1 Å². The van der Waals surface area contributed by atoms with Crippen LogP contribution in [-0.4, -0.2) is 31.4 Å². The number of ether oxygens (including phenoxy) is 1. The smallest absolute Gasteiger partial charge is 0.420 e. The van der Waals surface area contributed by atoms with E-state index in [-0.39, 0.29) is 12.2 Å². The van der Waals surface area contributed by atoms with E-state index in [9.17, 15) is 23.5 Å². The fourth-order valence-corrected chi connectivity index (χ4v) is 2.84. The Labute approximate surface area is 139 Å². The Hall–Kier alpha value is -1.96. The van der Waals surface area contributed by atoms with Crippen molar-refractivity contribution in [3.8, 4) is 0 Å². The van der Waals surface area contributed by atoms with Crippen LogP contribution in [0.2, 0.25) is 19.6 Å². The number of hydrogen-bond donors (Lipinski definition) is 0. The zero-order valence-corrected chi connectivity index (χ0v) is 14.8. The van der Waals surface area contributed by atoms with Crippen LogP contribution in [0.4, 0.5) is 13.2 Å². The number of rotatable bonds is 6. The van der Waals surface area contributed by atoms with Crippen molar-refractivity contribution in [3.05, 3.63) is 40.9 Å². The molecule has 24 heavy (non-hydrogen) atoms. The molecule has 9 heteroatoms. The van der Waals surface area contributed by atoms with E-state index < -0.39 is 37.8 Å². The van der Waals surface area contributed by atoms with Crippen LogP contribution in [0.25, 0.3) is 5.53 Å². The molecule has 0 aliphatic carbocycles. The molecule has 5 nitrogen and oxygen atoms in total. The molecule has 1 unspecified atom stereocenters. The van der Waals surface area contributed by atoms with Gasteiger partial charge in [-0.2, -0.15) is 18.0 Å². The highest BCUT2D eigenvalue weighted by atomic mass is 28.4. The lowest BCUT2D eigenvalue weighted by Crippen LogP contribution is -2.35. The van der Waals surface area contributed by atoms with Crippen LogP contribution in [-0.2, 0) is 20.1 Å². The monoisotopic (exact) mass is 360 g/mol. The Balaban J connectivity index is 3.28. The van der Waals surface area contributed by atoms with Crippen molar-refractivity contribution in [3.63, 3.8) is 0 Å². The first-order chi connectivity index (χ1) is 11.0. The average Bonchev–Trinajstić information content (AvgIpc) is 2.45. The number of carbonyl (C=O) groups is 1. The van der Waals surface area contributed by atoms with Gasteiger partial charge in [-0.1, -0.05) is 12.1 Å². The van der Waals surface area contributed by atoms with Crippen LogP contribution in [0, 0.1) is 0 Å². The second kappa shape index (κ2) is 7.74. The van der Waals surface area contributed by atoms with Gasteiger partial charge in [0.1, 0.15) is 0 Å². The Kier molecular flexibility index (Phi) is 6.48. The molecule has 0 saturated carbocycles. The summed E-state index contributed by atoms with van der Waals surface area (Å²) in [4.78, 5) is 14.9. The Morgan fingerprint density at radius 2 is 1.79 bits per heavy atom. The van der Waals surface area contributed by atoms with Gasteiger partial charge in [0, 0.05) is 0 Å². The first-order valence-electron chi connectivity index (χ1n) is 7.23. The van der Waals surface area contributed by atoms with Gasteiger partial charge in [0.25, 0.3) is 0 Å². The fourth-order valence-electron chi connectivity index (χ4n) is 1.89. The summed E-state index contributed by atoms with van der Waals surface area (Å²) in [5, 5.41) is 0. The number of halogens is 3. The quantitative estimate of drug-likeness (QED) is 0.254. The molecule has 1 rings (SSSR count). The number of esters is 1. The van der Waals surface area contributed by atoms with E-state index >= 15 is 0 Å². The second-order valence-electron chi connectivity index (χ2n) is 5.94. The number of hydrogen-bond acceptors (Lipinski definition) is 3. The van der Waals surface area contributed by atoms with Crippen LogP contribution in [0.1, 0.15) is 24.2 Å². The van der Waals surface area contributed by atoms with Crippen LogP contribution < -0.4 is 0 Å². The van der Waals surface area contributed by atoms with E-state index in [2.05, 4.69) is 4.79 Å². The van der Waals surface area contributed by atoms with Crippen molar-refractivity contribution in [1.82, 2.24) is 0 Å². The Morgan fingerprint density at radius 1 is 1.25 bits per heavy atom. The second-order valence-corrected chi connectivity index (χ2v) is 10.4. The highest BCUT2D eigenvalue weighted by Gasteiger charge is 2.38. The van der Waals surface area contributed by atoms with E-state index in [1.54, 1.807) is 6.92 Å². The van der Waals surface area contributed by atoms with Gasteiger partial charge in [-0.3, -0.25) is 0 Å². The SMILES string of the molecule is CCOC(=O)C(=[N+]=[N-])C(O[Si](C)(C)C)c1ccc(C(F)(F)F)cc1. The van der Waals surface area contributed by atoms with Crippen LogP contribution in [0.5, 0.6) is 0 Å². The summed E-state index contributed by atoms with van der Waals surface area (Å²) in [7, 11) is -2.22. The summed E-state index contributed by atoms with van der Waals surface area (Å²) in [5.74, 6) is -0.886. The Bertz CT molecular complexity index is 633. The molecule has 0 heterocycles. The number of alkyl halides is 3. The standard InChI is InChI=1S/C15H19F3N2O3Si/c1-5-22-14(21)12(20-19)13(23-24(2,3)4)10-6-8-11(9-7-10)15(16,17)18/h6-9,13H,5H2,1-4H3. The molecule has 0 N–H and O–H groups in total. The number of nitrogens with zero attached hydrogens (tertiary/aromatic N) is 2. The molecule has 1 atom stereocenters. The minimum atomic E-state index is -4.47. The summed E-state index contributed by atoms with van der Waals surface area (Å²) in [6, 6.07) is 4.15. The van der Waals surface area contributed by atoms with Crippen molar-refractivity contribution in [1.29, 1.82) is 0 Å². The first kappa shape index (κ1) is 20.1. The highest BCUT2D eigenvalue weighted by molar-refractivity contribution is 6.70. The third-order valence-electron chi connectivity index (χ3n) is 2.85. The van der Waals surface area contributed by atoms with E-state index in [0.29, 0.717) is 0 Å². The lowest BCUT2D eigenvalue weighted by molar-refractivity contribution is -0.141. The maximum absolute atomic E-state index is 12.7. The molecule has 0 radical (unpaired) electrons. The zero-order chi connectivity index (χ0) is 18.5. The maximum atomic E-state index is 12.7. The highest BCUT2D eigenvalue weighted by Crippen LogP contribution is 2.31. The van der Waals surface area contributed by atoms with Crippen molar-refractivity contribution < 1.29 is 31.9 Å². The molecular formula is C15H19F3N2O3Si. The van der Waals surface area contributed by atoms with Crippen molar-refractivity contribution in [2.75, 3.05) is 6.61 Å². The van der Waals surface area contributed by atoms with Crippen LogP contribution >= 0.6 is 0 Å². The maximum Gasteiger partial charge on any atom is 0.420 e. The van der Waals surface area contributed by atoms with Gasteiger partial charge in [0.2, 0.25) is 0 Å². The molecule has 1 aromatic carbocycles. The summed E-state index contributed by atoms with van der Waals surface area (Å²) in [6.07, 6.45) is -5.58. The van der Waals surface area contributed by atoms with Gasteiger partial charge in [-0.25, -0.2) is 4.79 Å². The minimum absolute atomic E-state index is 0.0601. The van der Waals surface area contributed by atoms with Crippen LogP contribution in [0.3, 0.4) is 0 Å². The third kappa shape index (κ3) is 5.59. The normalized spacial score (nSPS) is 13.1. The average molecular weight is 360 g/mol. The molecule has 0 aromatic heterocycles. The molecule has 0 amide bonds. The van der Waals surface area contributed by atoms with Gasteiger partial charge in [0.15, 0.2) is 14.4 Å². The molecule has 0 fully saturated rings. The third-order valence-corrected chi connectivity index (χ3v) is 3.80. The summed E-state index contributed by atoms with van der Waals surface area (Å²) < 4.78 is 48.7. The number of carbonyl (C=O) groups excluding carboxylic acids is 1. The molecule has 0 aliphatic rings. The lowest BCUT2D eigenvalue weighted by Gasteiger charge is -2.23. The van der Waals surface area contributed by atoms with Crippen molar-refractivity contribution in [2.24, 2.45) is 0 Å². The van der Waals surface area contributed by atoms with E-state index in [1.807, 2.05) is 19.6 Å². The van der Waals surface area contributed by atoms with Crippen molar-refractivity contribution >= 4 is 20.0 Å². The van der Waals surface area contributed by atoms with Gasteiger partial charge in [-0.15, -0.1) is 0 Å². The zero-order valence-electron chi connectivity index (χ0n) is 13.8. The number of benzene rings is 1. The molecule has 0 bridgehead atoms. The van der Waals surface area contributed by atoms with Gasteiger partial charge in [-0.05, 0) is 44.3 Å². The first-order valence-corrected chi connectivity index (χ1v) is 10.6. The van der Waals surface area contributed by atoms with E-state index in [1.165, 1.54) is 12.1 Å². The predicted octanol–water partition coefficient (Wildman–Crippen LogP) is 3.83. The topological polar surface area (TPSA) is 71.9 Å². The van der Waals surface area contributed by atoms with Gasteiger partial charge < -0.3 is 14.7 Å². The summed E-state index contributed by atoms with van der Waals surface area (Å²) >= 11 is 0. The molecule has 0 aliphatic heterocycles. The van der Waals surface area contributed by atoms with Gasteiger partial charge in [0.05, 0.1) is 12.2 Å². The molecule has 132 valence electrons. The molecule has 0 saturated heterocycles. The van der Waals surface area contributed by atoms with E-state index in [4.69, 9.17) is 9.16 Å². The summed E-state index contributed by atoms with van der Waals surface area (Å²) in [5.41, 5.74) is 8.22.